The summed E-state index contributed by atoms with van der Waals surface area (Å²) >= 11 is 0. The van der Waals surface area contributed by atoms with Gasteiger partial charge in [0.2, 0.25) is 0 Å². The van der Waals surface area contributed by atoms with Gasteiger partial charge >= 0.3 is 0 Å². The van der Waals surface area contributed by atoms with E-state index in [9.17, 15) is 0 Å². The van der Waals surface area contributed by atoms with Crippen LogP contribution in [-0.4, -0.2) is 25.2 Å². The van der Waals surface area contributed by atoms with Gasteiger partial charge in [-0.05, 0) is 11.8 Å². The van der Waals surface area contributed by atoms with Gasteiger partial charge in [-0.1, -0.05) is 60.7 Å². The van der Waals surface area contributed by atoms with Crippen LogP contribution >= 0.6 is 0 Å². The minimum atomic E-state index is 0. The lowest BCUT2D eigenvalue weighted by atomic mass is 10.0. The highest BCUT2D eigenvalue weighted by atomic mass is 35.5. The van der Waals surface area contributed by atoms with E-state index in [1.807, 2.05) is 6.07 Å². The van der Waals surface area contributed by atoms with Crippen LogP contribution in [0.25, 0.3) is 0 Å². The summed E-state index contributed by atoms with van der Waals surface area (Å²) in [5.41, 5.74) is 2.63. The Bertz CT molecular complexity index is 710. The summed E-state index contributed by atoms with van der Waals surface area (Å²) in [5.74, 6) is 6.00. The summed E-state index contributed by atoms with van der Waals surface area (Å²) in [6.45, 7) is 3.80. The second-order valence-corrected chi connectivity index (χ2v) is 6.50. The molecule has 1 fully saturated rings. The number of terminal acetylenes is 2. The monoisotopic (exact) mass is 386 g/mol. The Hall–Kier alpha value is -1.94. The molecule has 0 bridgehead atoms. The Morgan fingerprint density at radius 2 is 1.15 bits per heavy atom. The number of quaternary nitrogens is 2. The summed E-state index contributed by atoms with van der Waals surface area (Å²) in [5, 5.41) is 0. The highest BCUT2D eigenvalue weighted by Gasteiger charge is 2.39. The second kappa shape index (κ2) is 10.9. The van der Waals surface area contributed by atoms with Crippen LogP contribution in [0.5, 0.6) is 0 Å². The van der Waals surface area contributed by atoms with E-state index >= 15 is 0 Å². The van der Waals surface area contributed by atoms with E-state index in [1.165, 1.54) is 20.9 Å². The standard InChI is InChI=1S/C22H22N2.2ClH/c1-3-21-17-23(15-19-11-7-5-8-12-19)18-22(4-2)24(21)16-20-13-9-6-10-14-20;;/h1-2,5-14,21-22H,15-18H2;2*1H. The number of nitrogens with one attached hydrogen (secondary N) is 2. The van der Waals surface area contributed by atoms with E-state index < -0.39 is 0 Å². The third kappa shape index (κ3) is 5.53. The molecule has 0 saturated carbocycles. The number of halogens is 2. The quantitative estimate of drug-likeness (QED) is 0.484. The van der Waals surface area contributed by atoms with Crippen LogP contribution in [0.2, 0.25) is 0 Å². The van der Waals surface area contributed by atoms with Gasteiger partial charge in [0.25, 0.3) is 0 Å². The first-order chi connectivity index (χ1) is 11.8. The lowest BCUT2D eigenvalue weighted by molar-refractivity contribution is -1.05. The van der Waals surface area contributed by atoms with Crippen molar-refractivity contribution in [3.05, 3.63) is 71.8 Å². The van der Waals surface area contributed by atoms with Gasteiger partial charge in [-0.15, -0.1) is 12.8 Å². The highest BCUT2D eigenvalue weighted by Crippen LogP contribution is 1.99. The molecule has 0 aromatic heterocycles. The maximum Gasteiger partial charge on any atom is 0.199 e. The predicted octanol–water partition coefficient (Wildman–Crippen LogP) is -5.82. The van der Waals surface area contributed by atoms with E-state index in [0.717, 1.165) is 26.2 Å². The number of hydrogen-bond donors (Lipinski definition) is 2. The summed E-state index contributed by atoms with van der Waals surface area (Å²) in [4.78, 5) is 2.81. The van der Waals surface area contributed by atoms with Crippen molar-refractivity contribution in [1.82, 2.24) is 0 Å². The van der Waals surface area contributed by atoms with Crippen molar-refractivity contribution in [2.24, 2.45) is 0 Å². The summed E-state index contributed by atoms with van der Waals surface area (Å²) in [6.07, 6.45) is 11.7. The Morgan fingerprint density at radius 1 is 0.731 bits per heavy atom. The molecule has 2 unspecified atom stereocenters. The number of rotatable bonds is 4. The van der Waals surface area contributed by atoms with Crippen LogP contribution in [0.1, 0.15) is 11.1 Å². The first-order valence-corrected chi connectivity index (χ1v) is 8.49. The zero-order valence-corrected chi connectivity index (χ0v) is 16.2. The zero-order chi connectivity index (χ0) is 16.8. The molecule has 1 aliphatic rings. The molecule has 26 heavy (non-hydrogen) atoms. The fourth-order valence-corrected chi connectivity index (χ4v) is 3.60. The topological polar surface area (TPSA) is 8.88 Å². The number of benzene rings is 2. The minimum absolute atomic E-state index is 0. The molecule has 2 aromatic rings. The van der Waals surface area contributed by atoms with Crippen LogP contribution in [0.4, 0.5) is 0 Å². The fraction of sp³-hybridized carbons (Fsp3) is 0.273. The molecule has 0 spiro atoms. The van der Waals surface area contributed by atoms with Gasteiger partial charge in [0.05, 0.1) is 0 Å². The first kappa shape index (κ1) is 22.1. The maximum atomic E-state index is 5.87. The van der Waals surface area contributed by atoms with Crippen LogP contribution in [-0.2, 0) is 13.1 Å². The summed E-state index contributed by atoms with van der Waals surface area (Å²) < 4.78 is 0. The zero-order valence-electron chi connectivity index (χ0n) is 14.7. The highest BCUT2D eigenvalue weighted by molar-refractivity contribution is 5.15. The molecule has 2 aromatic carbocycles. The average molecular weight is 387 g/mol. The molecule has 3 rings (SSSR count). The third-order valence-corrected chi connectivity index (χ3v) is 4.83. The van der Waals surface area contributed by atoms with E-state index in [2.05, 4.69) is 66.4 Å². The molecular formula is C22H24Cl2N2. The van der Waals surface area contributed by atoms with Crippen molar-refractivity contribution in [2.75, 3.05) is 13.1 Å². The molecule has 0 radical (unpaired) electrons. The number of piperazine rings is 1. The van der Waals surface area contributed by atoms with Gasteiger partial charge in [0, 0.05) is 11.1 Å². The normalized spacial score (nSPS) is 24.2. The molecule has 2 N–H and O–H groups in total. The average Bonchev–Trinajstić information content (AvgIpc) is 2.64. The first-order valence-electron chi connectivity index (χ1n) is 8.49. The van der Waals surface area contributed by atoms with Crippen molar-refractivity contribution < 1.29 is 34.6 Å². The van der Waals surface area contributed by atoms with Crippen molar-refractivity contribution in [3.63, 3.8) is 0 Å². The van der Waals surface area contributed by atoms with Gasteiger partial charge in [-0.2, -0.15) is 0 Å². The lowest BCUT2D eigenvalue weighted by Gasteiger charge is -2.37. The Labute approximate surface area is 169 Å². The van der Waals surface area contributed by atoms with Gasteiger partial charge in [-0.25, -0.2) is 0 Å². The molecule has 4 heteroatoms. The van der Waals surface area contributed by atoms with E-state index in [4.69, 9.17) is 12.8 Å². The molecular weight excluding hydrogens is 363 g/mol. The second-order valence-electron chi connectivity index (χ2n) is 6.50. The van der Waals surface area contributed by atoms with Crippen LogP contribution in [0.3, 0.4) is 0 Å². The van der Waals surface area contributed by atoms with Crippen LogP contribution in [0, 0.1) is 24.7 Å². The van der Waals surface area contributed by atoms with E-state index in [-0.39, 0.29) is 36.9 Å². The van der Waals surface area contributed by atoms with Crippen molar-refractivity contribution in [2.45, 2.75) is 25.2 Å². The largest absolute Gasteiger partial charge is 1.00 e. The van der Waals surface area contributed by atoms with Gasteiger partial charge < -0.3 is 29.7 Å². The lowest BCUT2D eigenvalue weighted by Crippen LogP contribution is -3.32. The third-order valence-electron chi connectivity index (χ3n) is 4.83. The summed E-state index contributed by atoms with van der Waals surface area (Å²) in [7, 11) is 0. The molecule has 0 amide bonds. The van der Waals surface area contributed by atoms with Crippen molar-refractivity contribution in [3.8, 4) is 24.7 Å². The van der Waals surface area contributed by atoms with Crippen LogP contribution in [0.15, 0.2) is 60.7 Å². The fourth-order valence-electron chi connectivity index (χ4n) is 3.60. The molecule has 1 heterocycles. The molecule has 0 aliphatic carbocycles. The Kier molecular flexibility index (Phi) is 9.28. The van der Waals surface area contributed by atoms with Gasteiger partial charge in [0.15, 0.2) is 12.1 Å². The minimum Gasteiger partial charge on any atom is -1.00 e. The predicted molar refractivity (Wildman–Crippen MR) is 97.2 cm³/mol. The molecule has 2 atom stereocenters. The smallest absolute Gasteiger partial charge is 0.199 e. The Morgan fingerprint density at radius 3 is 1.58 bits per heavy atom. The molecule has 1 saturated heterocycles. The molecule has 136 valence electrons. The molecule has 1 aliphatic heterocycles. The van der Waals surface area contributed by atoms with Gasteiger partial charge in [0.1, 0.15) is 26.2 Å². The SMILES string of the molecule is C#CC1C[NH+](Cc2ccccc2)CC(C#C)[NH+]1Cc1ccccc1.[Cl-].[Cl-]. The van der Waals surface area contributed by atoms with E-state index in [0.29, 0.717) is 0 Å². The summed E-state index contributed by atoms with van der Waals surface area (Å²) in [6, 6.07) is 21.4. The van der Waals surface area contributed by atoms with Crippen LogP contribution < -0.4 is 34.6 Å². The number of hydrogen-bond acceptors (Lipinski definition) is 0. The Balaban J connectivity index is 0.00000169. The van der Waals surface area contributed by atoms with Crippen molar-refractivity contribution in [1.29, 1.82) is 0 Å². The van der Waals surface area contributed by atoms with Gasteiger partial charge in [-0.3, -0.25) is 4.90 Å². The van der Waals surface area contributed by atoms with Crippen molar-refractivity contribution >= 4 is 0 Å². The molecule has 2 nitrogen and oxygen atoms in total. The maximum absolute atomic E-state index is 5.87. The van der Waals surface area contributed by atoms with E-state index in [1.54, 1.807) is 0 Å².